The van der Waals surface area contributed by atoms with Crippen molar-refractivity contribution in [2.45, 2.75) is 6.92 Å². The quantitative estimate of drug-likeness (QED) is 0.663. The largest absolute Gasteiger partial charge is 0.454 e. The highest BCUT2D eigenvalue weighted by molar-refractivity contribution is 9.10. The van der Waals surface area contributed by atoms with Crippen LogP contribution in [0.1, 0.15) is 16.6 Å². The molecule has 0 N–H and O–H groups in total. The maximum atomic E-state index is 13.0. The SMILES string of the molecule is CC(=O)Oc1c(C(=O)N2CCOCC2)sc(-c2ccc3c(c2)OCO3)c1Br. The van der Waals surface area contributed by atoms with Gasteiger partial charge in [-0.15, -0.1) is 11.3 Å². The Bertz CT molecular complexity index is 905. The molecule has 2 aromatic rings. The van der Waals surface area contributed by atoms with Crippen LogP contribution in [0.3, 0.4) is 0 Å². The molecule has 1 saturated heterocycles. The predicted octanol–water partition coefficient (Wildman–Crippen LogP) is 3.30. The third-order valence-corrected chi connectivity index (χ3v) is 6.41. The van der Waals surface area contributed by atoms with Crippen LogP contribution in [0.2, 0.25) is 0 Å². The first-order valence-electron chi connectivity index (χ1n) is 8.32. The Balaban J connectivity index is 1.75. The van der Waals surface area contributed by atoms with Crippen LogP contribution < -0.4 is 14.2 Å². The van der Waals surface area contributed by atoms with Crippen LogP contribution in [0.5, 0.6) is 17.2 Å². The van der Waals surface area contributed by atoms with Crippen molar-refractivity contribution in [3.63, 3.8) is 0 Å². The summed E-state index contributed by atoms with van der Waals surface area (Å²) < 4.78 is 22.0. The third kappa shape index (κ3) is 3.54. The second-order valence-electron chi connectivity index (χ2n) is 5.97. The van der Waals surface area contributed by atoms with E-state index >= 15 is 0 Å². The van der Waals surface area contributed by atoms with Crippen LogP contribution in [0.15, 0.2) is 22.7 Å². The molecule has 0 radical (unpaired) electrons. The first-order chi connectivity index (χ1) is 13.0. The van der Waals surface area contributed by atoms with Gasteiger partial charge in [0.2, 0.25) is 6.79 Å². The summed E-state index contributed by atoms with van der Waals surface area (Å²) in [7, 11) is 0. The van der Waals surface area contributed by atoms with Gasteiger partial charge < -0.3 is 23.8 Å². The van der Waals surface area contributed by atoms with Crippen molar-refractivity contribution >= 4 is 39.1 Å². The van der Waals surface area contributed by atoms with Crippen molar-refractivity contribution in [3.8, 4) is 27.7 Å². The minimum absolute atomic E-state index is 0.174. The van der Waals surface area contributed by atoms with Gasteiger partial charge >= 0.3 is 5.97 Å². The van der Waals surface area contributed by atoms with Crippen molar-refractivity contribution in [3.05, 3.63) is 27.5 Å². The van der Waals surface area contributed by atoms with E-state index in [1.807, 2.05) is 18.2 Å². The fourth-order valence-electron chi connectivity index (χ4n) is 2.91. The zero-order valence-electron chi connectivity index (χ0n) is 14.5. The first-order valence-corrected chi connectivity index (χ1v) is 9.93. The summed E-state index contributed by atoms with van der Waals surface area (Å²) >= 11 is 4.78. The number of morpholine rings is 1. The van der Waals surface area contributed by atoms with Gasteiger partial charge in [0.05, 0.1) is 22.6 Å². The fourth-order valence-corrected chi connectivity index (χ4v) is 4.87. The molecular weight excluding hydrogens is 438 g/mol. The lowest BCUT2D eigenvalue weighted by Gasteiger charge is -2.26. The maximum Gasteiger partial charge on any atom is 0.308 e. The second-order valence-corrected chi connectivity index (χ2v) is 7.78. The van der Waals surface area contributed by atoms with Gasteiger partial charge in [0.15, 0.2) is 17.2 Å². The van der Waals surface area contributed by atoms with Crippen molar-refractivity contribution < 1.29 is 28.5 Å². The number of thiophene rings is 1. The van der Waals surface area contributed by atoms with Crippen molar-refractivity contribution in [1.82, 2.24) is 4.90 Å². The average molecular weight is 454 g/mol. The zero-order valence-corrected chi connectivity index (χ0v) is 16.9. The molecule has 7 nitrogen and oxygen atoms in total. The number of halogens is 1. The minimum atomic E-state index is -0.484. The number of fused-ring (bicyclic) bond motifs is 1. The van der Waals surface area contributed by atoms with Gasteiger partial charge in [-0.05, 0) is 39.7 Å². The van der Waals surface area contributed by atoms with Crippen LogP contribution in [-0.2, 0) is 9.53 Å². The molecule has 0 aliphatic carbocycles. The third-order valence-electron chi connectivity index (χ3n) is 4.18. The number of rotatable bonds is 3. The lowest BCUT2D eigenvalue weighted by molar-refractivity contribution is -0.131. The van der Waals surface area contributed by atoms with Crippen LogP contribution >= 0.6 is 27.3 Å². The molecule has 1 aromatic carbocycles. The lowest BCUT2D eigenvalue weighted by Crippen LogP contribution is -2.40. The van der Waals surface area contributed by atoms with Gasteiger partial charge in [0, 0.05) is 20.0 Å². The Hall–Kier alpha value is -2.10. The Kier molecular flexibility index (Phi) is 5.07. The van der Waals surface area contributed by atoms with E-state index in [0.29, 0.717) is 47.2 Å². The number of hydrogen-bond donors (Lipinski definition) is 0. The topological polar surface area (TPSA) is 74.3 Å². The highest BCUT2D eigenvalue weighted by Crippen LogP contribution is 2.48. The zero-order chi connectivity index (χ0) is 19.0. The number of nitrogens with zero attached hydrogens (tertiary/aromatic N) is 1. The summed E-state index contributed by atoms with van der Waals surface area (Å²) in [5, 5.41) is 0. The molecule has 9 heteroatoms. The van der Waals surface area contributed by atoms with Gasteiger partial charge in [0.1, 0.15) is 4.88 Å². The van der Waals surface area contributed by atoms with E-state index in [0.717, 1.165) is 10.4 Å². The van der Waals surface area contributed by atoms with Gasteiger partial charge in [0.25, 0.3) is 5.91 Å². The minimum Gasteiger partial charge on any atom is -0.454 e. The normalized spacial score (nSPS) is 15.7. The summed E-state index contributed by atoms with van der Waals surface area (Å²) in [4.78, 5) is 27.5. The van der Waals surface area contributed by atoms with Gasteiger partial charge in [-0.1, -0.05) is 0 Å². The Morgan fingerprint density at radius 2 is 1.93 bits per heavy atom. The summed E-state index contributed by atoms with van der Waals surface area (Å²) in [6.45, 7) is 3.50. The molecule has 0 bridgehead atoms. The number of esters is 1. The van der Waals surface area contributed by atoms with Crippen LogP contribution in [-0.4, -0.2) is 49.9 Å². The molecule has 0 atom stereocenters. The number of carbonyl (C=O) groups excluding carboxylic acids is 2. The second kappa shape index (κ2) is 7.49. The van der Waals surface area contributed by atoms with Crippen LogP contribution in [0.4, 0.5) is 0 Å². The number of amides is 1. The highest BCUT2D eigenvalue weighted by atomic mass is 79.9. The van der Waals surface area contributed by atoms with E-state index < -0.39 is 5.97 Å². The molecule has 3 heterocycles. The number of ether oxygens (including phenoxy) is 4. The van der Waals surface area contributed by atoms with E-state index in [4.69, 9.17) is 18.9 Å². The molecule has 2 aliphatic heterocycles. The van der Waals surface area contributed by atoms with E-state index in [1.165, 1.54) is 18.3 Å². The van der Waals surface area contributed by atoms with Crippen molar-refractivity contribution in [2.24, 2.45) is 0 Å². The van der Waals surface area contributed by atoms with E-state index in [9.17, 15) is 9.59 Å². The summed E-state index contributed by atoms with van der Waals surface area (Å²) in [6.07, 6.45) is 0. The van der Waals surface area contributed by atoms with Crippen LogP contribution in [0, 0.1) is 0 Å². The first kappa shape index (κ1) is 18.3. The molecule has 2 aliphatic rings. The van der Waals surface area contributed by atoms with Gasteiger partial charge in [-0.3, -0.25) is 9.59 Å². The summed E-state index contributed by atoms with van der Waals surface area (Å²) in [5.74, 6) is 0.907. The Labute approximate surface area is 167 Å². The highest BCUT2D eigenvalue weighted by Gasteiger charge is 2.29. The number of hydrogen-bond acceptors (Lipinski definition) is 7. The molecular formula is C18H16BrNO6S. The molecule has 4 rings (SSSR count). The predicted molar refractivity (Wildman–Crippen MR) is 102 cm³/mol. The standard InChI is InChI=1S/C18H16BrNO6S/c1-10(21)26-15-14(19)16(11-2-3-12-13(8-11)25-9-24-12)27-17(15)18(22)20-4-6-23-7-5-20/h2-3,8H,4-7,9H2,1H3. The van der Waals surface area contributed by atoms with Crippen LogP contribution in [0.25, 0.3) is 10.4 Å². The van der Waals surface area contributed by atoms with Crippen molar-refractivity contribution in [2.75, 3.05) is 33.1 Å². The van der Waals surface area contributed by atoms with Gasteiger partial charge in [-0.25, -0.2) is 0 Å². The summed E-state index contributed by atoms with van der Waals surface area (Å²) in [6, 6.07) is 5.54. The lowest BCUT2D eigenvalue weighted by atomic mass is 10.1. The van der Waals surface area contributed by atoms with Gasteiger partial charge in [-0.2, -0.15) is 0 Å². The molecule has 0 spiro atoms. The molecule has 1 fully saturated rings. The Morgan fingerprint density at radius 1 is 1.19 bits per heavy atom. The van der Waals surface area contributed by atoms with E-state index in [-0.39, 0.29) is 18.4 Å². The number of carbonyl (C=O) groups is 2. The summed E-state index contributed by atoms with van der Waals surface area (Å²) in [5.41, 5.74) is 0.838. The fraction of sp³-hybridized carbons (Fsp3) is 0.333. The molecule has 0 unspecified atom stereocenters. The van der Waals surface area contributed by atoms with E-state index in [2.05, 4.69) is 15.9 Å². The average Bonchev–Trinajstić information content (AvgIpc) is 3.26. The molecule has 0 saturated carbocycles. The van der Waals surface area contributed by atoms with E-state index in [1.54, 1.807) is 4.90 Å². The Morgan fingerprint density at radius 3 is 2.67 bits per heavy atom. The monoisotopic (exact) mass is 453 g/mol. The molecule has 1 aromatic heterocycles. The maximum absolute atomic E-state index is 13.0. The number of benzene rings is 1. The smallest absolute Gasteiger partial charge is 0.308 e. The molecule has 142 valence electrons. The molecule has 27 heavy (non-hydrogen) atoms. The molecule has 1 amide bonds. The van der Waals surface area contributed by atoms with Crippen molar-refractivity contribution in [1.29, 1.82) is 0 Å².